The number of thioether (sulfide) groups is 1. The molecule has 0 amide bonds. The first-order chi connectivity index (χ1) is 18.9. The quantitative estimate of drug-likeness (QED) is 0.121. The third-order valence-corrected chi connectivity index (χ3v) is 7.66. The number of unbranched alkanes of at least 4 members (excludes halogenated alkanes) is 8. The molecule has 0 bridgehead atoms. The van der Waals surface area contributed by atoms with Crippen molar-refractivity contribution in [2.45, 2.75) is 94.5 Å². The Kier molecular flexibility index (Phi) is 12.4. The molecule has 0 aliphatic carbocycles. The zero-order chi connectivity index (χ0) is 28.0. The topological polar surface area (TPSA) is 118 Å². The van der Waals surface area contributed by atoms with E-state index < -0.39 is 23.1 Å². The second kappa shape index (κ2) is 16.0. The van der Waals surface area contributed by atoms with E-state index >= 15 is 0 Å². The van der Waals surface area contributed by atoms with E-state index in [2.05, 4.69) is 21.9 Å². The van der Waals surface area contributed by atoms with E-state index in [9.17, 15) is 23.9 Å². The summed E-state index contributed by atoms with van der Waals surface area (Å²) in [6, 6.07) is 7.70. The number of aliphatic carboxylic acids is 1. The van der Waals surface area contributed by atoms with E-state index in [4.69, 9.17) is 0 Å². The number of aryl methyl sites for hydroxylation is 1. The Balaban J connectivity index is 1.80. The normalized spacial score (nSPS) is 11.9. The number of hydrogen-bond acceptors (Lipinski definition) is 6. The second-order valence-electron chi connectivity index (χ2n) is 9.70. The molecular formula is C29H37FN4O4S. The Morgan fingerprint density at radius 2 is 1.69 bits per heavy atom. The third kappa shape index (κ3) is 10.1. The summed E-state index contributed by atoms with van der Waals surface area (Å²) in [7, 11) is 0. The lowest BCUT2D eigenvalue weighted by molar-refractivity contribution is -0.137. The maximum absolute atomic E-state index is 13.3. The van der Waals surface area contributed by atoms with Gasteiger partial charge in [0.2, 0.25) is 0 Å². The molecule has 210 valence electrons. The molecule has 0 aliphatic heterocycles. The van der Waals surface area contributed by atoms with Crippen LogP contribution in [0, 0.1) is 5.82 Å². The van der Waals surface area contributed by atoms with Crippen molar-refractivity contribution in [3.05, 3.63) is 86.2 Å². The number of hydrogen-bond donors (Lipinski definition) is 2. The summed E-state index contributed by atoms with van der Waals surface area (Å²) in [5.74, 6) is -1.78. The highest BCUT2D eigenvalue weighted by Gasteiger charge is 2.24. The summed E-state index contributed by atoms with van der Waals surface area (Å²) in [4.78, 5) is 47.2. The number of carboxylic acid groups (broad SMARTS) is 1. The number of carboxylic acids is 1. The fraction of sp³-hybridized carbons (Fsp3) is 0.483. The van der Waals surface area contributed by atoms with Gasteiger partial charge in [0.1, 0.15) is 5.82 Å². The van der Waals surface area contributed by atoms with Gasteiger partial charge in [0.25, 0.3) is 5.56 Å². The van der Waals surface area contributed by atoms with Gasteiger partial charge in [-0.15, -0.1) is 0 Å². The molecule has 10 heteroatoms. The molecule has 0 fully saturated rings. The molecule has 3 rings (SSSR count). The summed E-state index contributed by atoms with van der Waals surface area (Å²) in [5, 5.41) is 10.1. The average Bonchev–Trinajstić information content (AvgIpc) is 2.91. The van der Waals surface area contributed by atoms with Crippen molar-refractivity contribution in [1.29, 1.82) is 0 Å². The first-order valence-corrected chi connectivity index (χ1v) is 14.6. The van der Waals surface area contributed by atoms with E-state index in [0.717, 1.165) is 24.8 Å². The van der Waals surface area contributed by atoms with Crippen LogP contribution in [-0.2, 0) is 17.1 Å². The van der Waals surface area contributed by atoms with Gasteiger partial charge in [0.15, 0.2) is 5.16 Å². The molecule has 0 saturated carbocycles. The van der Waals surface area contributed by atoms with Crippen molar-refractivity contribution in [3.63, 3.8) is 0 Å². The second-order valence-corrected chi connectivity index (χ2v) is 10.6. The molecule has 0 spiro atoms. The Morgan fingerprint density at radius 1 is 1.03 bits per heavy atom. The number of carbonyl (C=O) groups is 1. The average molecular weight is 557 g/mol. The van der Waals surface area contributed by atoms with Crippen molar-refractivity contribution in [2.24, 2.45) is 0 Å². The van der Waals surface area contributed by atoms with Gasteiger partial charge in [-0.1, -0.05) is 82.2 Å². The molecule has 1 unspecified atom stereocenters. The lowest BCUT2D eigenvalue weighted by atomic mass is 9.94. The minimum Gasteiger partial charge on any atom is -0.481 e. The monoisotopic (exact) mass is 556 g/mol. The zero-order valence-electron chi connectivity index (χ0n) is 22.4. The summed E-state index contributed by atoms with van der Waals surface area (Å²) in [6.07, 6.45) is 13.2. The number of halogens is 1. The van der Waals surface area contributed by atoms with Gasteiger partial charge in [-0.05, 0) is 30.2 Å². The van der Waals surface area contributed by atoms with Gasteiger partial charge in [-0.3, -0.25) is 9.59 Å². The smallest absolute Gasteiger partial charge is 0.345 e. The van der Waals surface area contributed by atoms with Crippen molar-refractivity contribution in [1.82, 2.24) is 19.5 Å². The number of benzene rings is 1. The highest BCUT2D eigenvalue weighted by atomic mass is 32.2. The number of H-pyrrole nitrogens is 1. The molecule has 1 aromatic carbocycles. The Labute approximate surface area is 232 Å². The number of nitrogens with zero attached hydrogens (tertiary/aromatic N) is 3. The largest absolute Gasteiger partial charge is 0.481 e. The van der Waals surface area contributed by atoms with Crippen LogP contribution in [0.1, 0.15) is 93.9 Å². The van der Waals surface area contributed by atoms with Crippen molar-refractivity contribution >= 4 is 17.7 Å². The Morgan fingerprint density at radius 3 is 2.33 bits per heavy atom. The molecule has 8 nitrogen and oxygen atoms in total. The van der Waals surface area contributed by atoms with Crippen LogP contribution < -0.4 is 11.2 Å². The zero-order valence-corrected chi connectivity index (χ0v) is 23.2. The van der Waals surface area contributed by atoms with E-state index in [0.29, 0.717) is 23.1 Å². The maximum atomic E-state index is 13.3. The Hall–Kier alpha value is -3.27. The first-order valence-electron chi connectivity index (χ1n) is 13.6. The van der Waals surface area contributed by atoms with Crippen LogP contribution in [0.5, 0.6) is 0 Å². The van der Waals surface area contributed by atoms with Gasteiger partial charge in [0.05, 0.1) is 6.42 Å². The van der Waals surface area contributed by atoms with E-state index in [1.165, 1.54) is 74.7 Å². The molecular weight excluding hydrogens is 519 g/mol. The van der Waals surface area contributed by atoms with Crippen LogP contribution in [0.4, 0.5) is 4.39 Å². The minimum absolute atomic E-state index is 0.210. The molecule has 39 heavy (non-hydrogen) atoms. The standard InChI is InChI=1S/C29H37FN4O4S/c1-2-3-4-5-6-7-8-9-10-17-34-19-24(23(18-26(35)36)25-15-16-31-28(38)32-25)27(37)33-29(34)39-20-21-11-13-22(30)14-12-21/h11-16,19,23H,2-10,17-18,20H2,1H3,(H,35,36)(H,31,32,38). The van der Waals surface area contributed by atoms with Crippen molar-refractivity contribution in [3.8, 4) is 0 Å². The molecule has 3 aromatic rings. The van der Waals surface area contributed by atoms with E-state index in [-0.39, 0.29) is 17.8 Å². The first kappa shape index (κ1) is 30.3. The molecule has 0 radical (unpaired) electrons. The van der Waals surface area contributed by atoms with Crippen LogP contribution in [0.3, 0.4) is 0 Å². The third-order valence-electron chi connectivity index (χ3n) is 6.60. The van der Waals surface area contributed by atoms with Gasteiger partial charge in [-0.2, -0.15) is 4.98 Å². The van der Waals surface area contributed by atoms with Gasteiger partial charge >= 0.3 is 11.7 Å². The fourth-order valence-electron chi connectivity index (χ4n) is 4.48. The number of aromatic nitrogens is 4. The predicted octanol–water partition coefficient (Wildman–Crippen LogP) is 5.90. The van der Waals surface area contributed by atoms with Crippen LogP contribution in [-0.4, -0.2) is 30.6 Å². The van der Waals surface area contributed by atoms with E-state index in [1.807, 2.05) is 4.57 Å². The van der Waals surface area contributed by atoms with Crippen LogP contribution in [0.15, 0.2) is 57.5 Å². The minimum atomic E-state index is -1.10. The SMILES string of the molecule is CCCCCCCCCCCn1cc(C(CC(=O)O)c2ccnc(=O)[nH]2)c(=O)nc1SCc1ccc(F)cc1. The van der Waals surface area contributed by atoms with Crippen LogP contribution >= 0.6 is 11.8 Å². The van der Waals surface area contributed by atoms with Crippen molar-refractivity contribution in [2.75, 3.05) is 0 Å². The highest BCUT2D eigenvalue weighted by Crippen LogP contribution is 2.27. The van der Waals surface area contributed by atoms with Gasteiger partial charge < -0.3 is 14.7 Å². The number of rotatable bonds is 17. The highest BCUT2D eigenvalue weighted by molar-refractivity contribution is 7.98. The summed E-state index contributed by atoms with van der Waals surface area (Å²) >= 11 is 1.38. The lowest BCUT2D eigenvalue weighted by Gasteiger charge is -2.18. The molecule has 0 aliphatic rings. The fourth-order valence-corrected chi connectivity index (χ4v) is 5.42. The van der Waals surface area contributed by atoms with Gasteiger partial charge in [0, 0.05) is 41.9 Å². The van der Waals surface area contributed by atoms with Gasteiger partial charge in [-0.25, -0.2) is 14.2 Å². The summed E-state index contributed by atoms with van der Waals surface area (Å²) < 4.78 is 15.2. The maximum Gasteiger partial charge on any atom is 0.345 e. The molecule has 2 N–H and O–H groups in total. The number of aromatic amines is 1. The summed E-state index contributed by atoms with van der Waals surface area (Å²) in [5.41, 5.74) is 0.257. The van der Waals surface area contributed by atoms with Crippen LogP contribution in [0.2, 0.25) is 0 Å². The number of nitrogens with one attached hydrogen (secondary N) is 1. The molecule has 0 saturated heterocycles. The lowest BCUT2D eigenvalue weighted by Crippen LogP contribution is -2.25. The molecule has 2 heterocycles. The van der Waals surface area contributed by atoms with E-state index in [1.54, 1.807) is 18.3 Å². The van der Waals surface area contributed by atoms with Crippen molar-refractivity contribution < 1.29 is 14.3 Å². The molecule has 1 atom stereocenters. The summed E-state index contributed by atoms with van der Waals surface area (Å²) in [6.45, 7) is 2.83. The Bertz CT molecular complexity index is 1310. The molecule has 2 aromatic heterocycles. The predicted molar refractivity (Wildman–Crippen MR) is 151 cm³/mol. The van der Waals surface area contributed by atoms with Crippen LogP contribution in [0.25, 0.3) is 0 Å².